The minimum atomic E-state index is -0.464. The molecule has 28 heavy (non-hydrogen) atoms. The molecule has 2 unspecified atom stereocenters. The van der Waals surface area contributed by atoms with Gasteiger partial charge in [-0.1, -0.05) is 0 Å². The van der Waals surface area contributed by atoms with Crippen molar-refractivity contribution in [3.8, 4) is 6.07 Å². The quantitative estimate of drug-likeness (QED) is 0.791. The largest absolute Gasteiger partial charge is 0.358 e. The first-order valence-electron chi connectivity index (χ1n) is 10.2. The number of nitrogens with one attached hydrogen (secondary N) is 2. The van der Waals surface area contributed by atoms with E-state index in [4.69, 9.17) is 4.74 Å². The van der Waals surface area contributed by atoms with E-state index < -0.39 is 6.04 Å². The number of hydrogen-bond donors (Lipinski definition) is 2. The second-order valence-electron chi connectivity index (χ2n) is 9.08. The van der Waals surface area contributed by atoms with Gasteiger partial charge < -0.3 is 15.4 Å². The highest BCUT2D eigenvalue weighted by Crippen LogP contribution is 2.58. The maximum atomic E-state index is 12.7. The normalized spacial score (nSPS) is 38.4. The Labute approximate surface area is 164 Å². The van der Waals surface area contributed by atoms with E-state index in [9.17, 15) is 10.1 Å². The number of ether oxygens (including phenoxy) is 1. The fraction of sp³-hybridized carbons (Fsp3) is 0.700. The molecule has 4 aliphatic carbocycles. The Morgan fingerprint density at radius 2 is 1.96 bits per heavy atom. The van der Waals surface area contributed by atoms with Crippen molar-refractivity contribution >= 4 is 11.9 Å². The summed E-state index contributed by atoms with van der Waals surface area (Å²) in [4.78, 5) is 23.0. The molecule has 0 radical (unpaired) electrons. The van der Waals surface area contributed by atoms with E-state index in [1.165, 1.54) is 6.42 Å². The second-order valence-corrected chi connectivity index (χ2v) is 9.08. The lowest BCUT2D eigenvalue weighted by molar-refractivity contribution is -0.132. The van der Waals surface area contributed by atoms with Crippen LogP contribution in [0.3, 0.4) is 0 Å². The van der Waals surface area contributed by atoms with Gasteiger partial charge in [0.1, 0.15) is 12.8 Å². The molecule has 1 aromatic heterocycles. The average molecular weight is 382 g/mol. The molecular weight excluding hydrogens is 356 g/mol. The molecular formula is C20H26N6O2. The SMILES string of the molecule is N#C[C@@H]1COCN1C(=O)CNC12CC3CC(C1)CC(Nc1ncccn1)(C3)C2. The highest BCUT2D eigenvalue weighted by atomic mass is 16.5. The highest BCUT2D eigenvalue weighted by Gasteiger charge is 2.58. The Kier molecular flexibility index (Phi) is 4.25. The molecule has 148 valence electrons. The molecule has 6 rings (SSSR count). The Hall–Kier alpha value is -2.24. The maximum absolute atomic E-state index is 12.7. The van der Waals surface area contributed by atoms with E-state index in [0.717, 1.165) is 32.1 Å². The van der Waals surface area contributed by atoms with Gasteiger partial charge in [-0.15, -0.1) is 0 Å². The van der Waals surface area contributed by atoms with Gasteiger partial charge in [-0.3, -0.25) is 9.69 Å². The zero-order chi connectivity index (χ0) is 19.2. The number of nitriles is 1. The lowest BCUT2D eigenvalue weighted by atomic mass is 9.50. The zero-order valence-electron chi connectivity index (χ0n) is 15.9. The summed E-state index contributed by atoms with van der Waals surface area (Å²) in [5.41, 5.74) is -0.0162. The molecule has 5 aliphatic rings. The van der Waals surface area contributed by atoms with E-state index in [0.29, 0.717) is 24.4 Å². The maximum Gasteiger partial charge on any atom is 0.239 e. The van der Waals surface area contributed by atoms with Crippen LogP contribution in [0.5, 0.6) is 0 Å². The predicted molar refractivity (Wildman–Crippen MR) is 101 cm³/mol. The smallest absolute Gasteiger partial charge is 0.239 e. The van der Waals surface area contributed by atoms with Gasteiger partial charge in [0.25, 0.3) is 0 Å². The fourth-order valence-electron chi connectivity index (χ4n) is 6.38. The average Bonchev–Trinajstić information content (AvgIpc) is 3.14. The minimum Gasteiger partial charge on any atom is -0.358 e. The predicted octanol–water partition coefficient (Wildman–Crippen LogP) is 1.28. The molecule has 1 amide bonds. The number of aromatic nitrogens is 2. The zero-order valence-corrected chi connectivity index (χ0v) is 15.9. The number of nitrogens with zero attached hydrogens (tertiary/aromatic N) is 4. The fourth-order valence-corrected chi connectivity index (χ4v) is 6.38. The van der Waals surface area contributed by atoms with Crippen molar-refractivity contribution in [3.05, 3.63) is 18.5 Å². The summed E-state index contributed by atoms with van der Waals surface area (Å²) in [5, 5.41) is 16.5. The molecule has 1 saturated heterocycles. The standard InChI is InChI=1S/C20H26N6O2/c21-9-16-11-28-13-26(16)17(27)10-24-19-5-14-4-15(6-19)8-20(7-14,12-19)25-18-22-2-1-3-23-18/h1-3,14-16,24H,4-8,10-13H2,(H,22,23,25)/t14?,15?,16-,19?,20?/m1/s1. The van der Waals surface area contributed by atoms with Crippen LogP contribution in [0.25, 0.3) is 0 Å². The summed E-state index contributed by atoms with van der Waals surface area (Å²) in [6.07, 6.45) is 10.3. The second kappa shape index (κ2) is 6.68. The third-order valence-corrected chi connectivity index (χ3v) is 6.97. The number of anilines is 1. The molecule has 2 heterocycles. The number of hydrogen-bond acceptors (Lipinski definition) is 7. The van der Waals surface area contributed by atoms with Crippen molar-refractivity contribution < 1.29 is 9.53 Å². The number of carbonyl (C=O) groups is 1. The lowest BCUT2D eigenvalue weighted by Crippen LogP contribution is -2.67. The minimum absolute atomic E-state index is 0.00737. The Morgan fingerprint density at radius 3 is 2.68 bits per heavy atom. The van der Waals surface area contributed by atoms with E-state index in [2.05, 4.69) is 26.7 Å². The molecule has 8 heteroatoms. The lowest BCUT2D eigenvalue weighted by Gasteiger charge is -2.62. The van der Waals surface area contributed by atoms with Crippen molar-refractivity contribution in [1.29, 1.82) is 5.26 Å². The summed E-state index contributed by atoms with van der Waals surface area (Å²) >= 11 is 0. The summed E-state index contributed by atoms with van der Waals surface area (Å²) in [5.74, 6) is 1.99. The Morgan fingerprint density at radius 1 is 1.25 bits per heavy atom. The molecule has 0 spiro atoms. The third kappa shape index (κ3) is 3.12. The van der Waals surface area contributed by atoms with Gasteiger partial charge in [-0.2, -0.15) is 5.26 Å². The van der Waals surface area contributed by atoms with Crippen molar-refractivity contribution in [2.75, 3.05) is 25.2 Å². The molecule has 1 aliphatic heterocycles. The van der Waals surface area contributed by atoms with E-state index in [1.54, 1.807) is 17.3 Å². The van der Waals surface area contributed by atoms with Crippen LogP contribution in [-0.2, 0) is 9.53 Å². The first-order chi connectivity index (χ1) is 13.6. The molecule has 5 fully saturated rings. The van der Waals surface area contributed by atoms with Crippen LogP contribution in [0.2, 0.25) is 0 Å². The van der Waals surface area contributed by atoms with Gasteiger partial charge in [-0.05, 0) is 56.4 Å². The van der Waals surface area contributed by atoms with E-state index in [1.807, 2.05) is 6.07 Å². The van der Waals surface area contributed by atoms with Gasteiger partial charge in [0, 0.05) is 23.5 Å². The van der Waals surface area contributed by atoms with Gasteiger partial charge >= 0.3 is 0 Å². The van der Waals surface area contributed by atoms with Gasteiger partial charge in [0.2, 0.25) is 11.9 Å². The van der Waals surface area contributed by atoms with E-state index in [-0.39, 0.29) is 30.3 Å². The summed E-state index contributed by atoms with van der Waals surface area (Å²) in [6.45, 7) is 0.786. The highest BCUT2D eigenvalue weighted by molar-refractivity contribution is 5.79. The van der Waals surface area contributed by atoms with E-state index >= 15 is 0 Å². The Bertz CT molecular complexity index is 780. The monoisotopic (exact) mass is 382 g/mol. The van der Waals surface area contributed by atoms with Crippen molar-refractivity contribution in [2.24, 2.45) is 11.8 Å². The first kappa shape index (κ1) is 17.8. The number of amides is 1. The molecule has 1 aromatic rings. The van der Waals surface area contributed by atoms with Gasteiger partial charge in [-0.25, -0.2) is 9.97 Å². The molecule has 8 nitrogen and oxygen atoms in total. The summed E-state index contributed by atoms with van der Waals surface area (Å²) in [7, 11) is 0. The number of rotatable bonds is 5. The van der Waals surface area contributed by atoms with Crippen LogP contribution in [0, 0.1) is 23.2 Å². The Balaban J connectivity index is 1.30. The van der Waals surface area contributed by atoms with Gasteiger partial charge in [0.05, 0.1) is 19.2 Å². The summed E-state index contributed by atoms with van der Waals surface area (Å²) in [6, 6.07) is 3.52. The van der Waals surface area contributed by atoms with Gasteiger partial charge in [0.15, 0.2) is 0 Å². The van der Waals surface area contributed by atoms with Crippen LogP contribution < -0.4 is 10.6 Å². The van der Waals surface area contributed by atoms with Crippen molar-refractivity contribution in [1.82, 2.24) is 20.2 Å². The molecule has 3 atom stereocenters. The third-order valence-electron chi connectivity index (χ3n) is 6.97. The van der Waals surface area contributed by atoms with Crippen molar-refractivity contribution in [2.45, 2.75) is 55.6 Å². The van der Waals surface area contributed by atoms with Crippen LogP contribution >= 0.6 is 0 Å². The summed E-state index contributed by atoms with van der Waals surface area (Å²) < 4.78 is 5.29. The first-order valence-corrected chi connectivity index (χ1v) is 10.2. The molecule has 4 bridgehead atoms. The number of carbonyl (C=O) groups excluding carboxylic acids is 1. The van der Waals surface area contributed by atoms with Crippen LogP contribution in [0.15, 0.2) is 18.5 Å². The molecule has 0 aromatic carbocycles. The molecule has 4 saturated carbocycles. The molecule has 2 N–H and O–H groups in total. The van der Waals surface area contributed by atoms with Crippen molar-refractivity contribution in [3.63, 3.8) is 0 Å². The van der Waals surface area contributed by atoms with Crippen LogP contribution in [0.1, 0.15) is 38.5 Å². The topological polar surface area (TPSA) is 103 Å². The van der Waals surface area contributed by atoms with Crippen LogP contribution in [-0.4, -0.2) is 57.8 Å². The van der Waals surface area contributed by atoms with Crippen LogP contribution in [0.4, 0.5) is 5.95 Å².